The number of benzene rings is 3. The van der Waals surface area contributed by atoms with Gasteiger partial charge in [-0.3, -0.25) is 9.59 Å². The average Bonchev–Trinajstić information content (AvgIpc) is 2.74. The largest absolute Gasteiger partial charge is 0.483 e. The van der Waals surface area contributed by atoms with Gasteiger partial charge in [0.2, 0.25) is 0 Å². The van der Waals surface area contributed by atoms with Crippen LogP contribution in [0.3, 0.4) is 0 Å². The maximum Gasteiger partial charge on any atom is 0.255 e. The summed E-state index contributed by atoms with van der Waals surface area (Å²) in [6.07, 6.45) is 0. The number of rotatable bonds is 8. The molecule has 0 bridgehead atoms. The molecular weight excluding hydrogens is 364 g/mol. The van der Waals surface area contributed by atoms with E-state index in [4.69, 9.17) is 10.5 Å². The van der Waals surface area contributed by atoms with Gasteiger partial charge in [0.1, 0.15) is 5.75 Å². The van der Waals surface area contributed by atoms with Crippen molar-refractivity contribution < 1.29 is 14.3 Å². The van der Waals surface area contributed by atoms with Crippen LogP contribution in [-0.4, -0.2) is 24.5 Å². The first-order valence-corrected chi connectivity index (χ1v) is 9.47. The van der Waals surface area contributed by atoms with E-state index in [-0.39, 0.29) is 24.5 Å². The predicted molar refractivity (Wildman–Crippen MR) is 113 cm³/mol. The molecule has 0 aliphatic heterocycles. The van der Waals surface area contributed by atoms with Crippen molar-refractivity contribution in [1.29, 1.82) is 0 Å². The highest BCUT2D eigenvalue weighted by Crippen LogP contribution is 2.28. The molecule has 0 aromatic heterocycles. The normalized spacial score (nSPS) is 11.7. The van der Waals surface area contributed by atoms with E-state index in [0.717, 1.165) is 11.1 Å². The quantitative estimate of drug-likeness (QED) is 0.620. The summed E-state index contributed by atoms with van der Waals surface area (Å²) in [6, 6.07) is 26.8. The van der Waals surface area contributed by atoms with Crippen LogP contribution in [0.4, 0.5) is 0 Å². The molecule has 0 spiro atoms. The number of nitrogens with one attached hydrogen (secondary N) is 1. The minimum Gasteiger partial charge on any atom is -0.483 e. The van der Waals surface area contributed by atoms with Gasteiger partial charge in [0, 0.05) is 12.0 Å². The van der Waals surface area contributed by atoms with Gasteiger partial charge in [-0.25, -0.2) is 0 Å². The number of amides is 2. The summed E-state index contributed by atoms with van der Waals surface area (Å²) in [4.78, 5) is 24.0. The predicted octanol–water partition coefficient (Wildman–Crippen LogP) is 3.50. The Balaban J connectivity index is 1.84. The SMILES string of the molecule is CC(NC(=O)c1ccccc1OCC(N)=O)C(c1ccccc1)c1ccccc1. The second kappa shape index (κ2) is 9.55. The fourth-order valence-electron chi connectivity index (χ4n) is 3.39. The van der Waals surface area contributed by atoms with Crippen LogP contribution in [-0.2, 0) is 4.79 Å². The van der Waals surface area contributed by atoms with Crippen LogP contribution < -0.4 is 15.8 Å². The number of para-hydroxylation sites is 1. The van der Waals surface area contributed by atoms with Gasteiger partial charge in [-0.2, -0.15) is 0 Å². The van der Waals surface area contributed by atoms with Gasteiger partial charge in [0.25, 0.3) is 11.8 Å². The van der Waals surface area contributed by atoms with Crippen LogP contribution >= 0.6 is 0 Å². The van der Waals surface area contributed by atoms with E-state index in [1.165, 1.54) is 0 Å². The van der Waals surface area contributed by atoms with Gasteiger partial charge in [-0.05, 0) is 30.2 Å². The van der Waals surface area contributed by atoms with Crippen molar-refractivity contribution in [3.05, 3.63) is 102 Å². The first-order valence-electron chi connectivity index (χ1n) is 9.47. The molecule has 1 atom stereocenters. The van der Waals surface area contributed by atoms with Gasteiger partial charge in [-0.15, -0.1) is 0 Å². The van der Waals surface area contributed by atoms with Crippen LogP contribution in [0.1, 0.15) is 34.3 Å². The Labute approximate surface area is 170 Å². The van der Waals surface area contributed by atoms with Crippen LogP contribution in [0.15, 0.2) is 84.9 Å². The highest BCUT2D eigenvalue weighted by Gasteiger charge is 2.24. The molecule has 29 heavy (non-hydrogen) atoms. The molecule has 5 heteroatoms. The summed E-state index contributed by atoms with van der Waals surface area (Å²) >= 11 is 0. The lowest BCUT2D eigenvalue weighted by molar-refractivity contribution is -0.119. The molecule has 0 heterocycles. The zero-order valence-electron chi connectivity index (χ0n) is 16.2. The molecule has 3 rings (SSSR count). The molecule has 0 fully saturated rings. The molecule has 0 saturated heterocycles. The molecule has 148 valence electrons. The molecule has 3 N–H and O–H groups in total. The van der Waals surface area contributed by atoms with E-state index in [1.54, 1.807) is 24.3 Å². The number of hydrogen-bond donors (Lipinski definition) is 2. The third kappa shape index (κ3) is 5.23. The number of hydrogen-bond acceptors (Lipinski definition) is 3. The number of primary amides is 1. The average molecular weight is 388 g/mol. The maximum absolute atomic E-state index is 13.0. The lowest BCUT2D eigenvalue weighted by atomic mass is 9.85. The number of carbonyl (C=O) groups is 2. The summed E-state index contributed by atoms with van der Waals surface area (Å²) in [6.45, 7) is 1.70. The third-order valence-electron chi connectivity index (χ3n) is 4.68. The third-order valence-corrected chi connectivity index (χ3v) is 4.68. The smallest absolute Gasteiger partial charge is 0.255 e. The molecule has 0 saturated carbocycles. The molecule has 3 aromatic carbocycles. The number of ether oxygens (including phenoxy) is 1. The minimum atomic E-state index is -0.596. The molecule has 0 aliphatic carbocycles. The monoisotopic (exact) mass is 388 g/mol. The van der Waals surface area contributed by atoms with Crippen LogP contribution in [0.2, 0.25) is 0 Å². The molecule has 0 radical (unpaired) electrons. The summed E-state index contributed by atoms with van der Waals surface area (Å²) < 4.78 is 5.40. The van der Waals surface area contributed by atoms with Crippen LogP contribution in [0.5, 0.6) is 5.75 Å². The van der Waals surface area contributed by atoms with Crippen molar-refractivity contribution in [3.63, 3.8) is 0 Å². The first kappa shape index (κ1) is 20.1. The molecule has 0 aliphatic rings. The zero-order valence-corrected chi connectivity index (χ0v) is 16.2. The molecule has 1 unspecified atom stereocenters. The first-order chi connectivity index (χ1) is 14.1. The van der Waals surface area contributed by atoms with E-state index >= 15 is 0 Å². The highest BCUT2D eigenvalue weighted by molar-refractivity contribution is 5.97. The van der Waals surface area contributed by atoms with Crippen LogP contribution in [0, 0.1) is 0 Å². The molecule has 2 amide bonds. The van der Waals surface area contributed by atoms with E-state index in [0.29, 0.717) is 11.3 Å². The van der Waals surface area contributed by atoms with Gasteiger partial charge >= 0.3 is 0 Å². The molecule has 5 nitrogen and oxygen atoms in total. The summed E-state index contributed by atoms with van der Waals surface area (Å²) in [7, 11) is 0. The Bertz CT molecular complexity index is 919. The lowest BCUT2D eigenvalue weighted by Gasteiger charge is -2.26. The van der Waals surface area contributed by atoms with Crippen molar-refractivity contribution in [2.45, 2.75) is 18.9 Å². The molecule has 3 aromatic rings. The highest BCUT2D eigenvalue weighted by atomic mass is 16.5. The van der Waals surface area contributed by atoms with Gasteiger partial charge in [-0.1, -0.05) is 72.8 Å². The Kier molecular flexibility index (Phi) is 6.63. The van der Waals surface area contributed by atoms with E-state index in [1.807, 2.05) is 43.3 Å². The van der Waals surface area contributed by atoms with E-state index in [9.17, 15) is 9.59 Å². The zero-order chi connectivity index (χ0) is 20.6. The second-order valence-corrected chi connectivity index (χ2v) is 6.81. The summed E-state index contributed by atoms with van der Waals surface area (Å²) in [5.41, 5.74) is 7.74. The van der Waals surface area contributed by atoms with Gasteiger partial charge < -0.3 is 15.8 Å². The molecular formula is C24H24N2O3. The van der Waals surface area contributed by atoms with Crippen molar-refractivity contribution >= 4 is 11.8 Å². The Morgan fingerprint density at radius 3 is 1.93 bits per heavy atom. The second-order valence-electron chi connectivity index (χ2n) is 6.81. The topological polar surface area (TPSA) is 81.4 Å². The summed E-state index contributed by atoms with van der Waals surface area (Å²) in [5, 5.41) is 3.09. The maximum atomic E-state index is 13.0. The van der Waals surface area contributed by atoms with Gasteiger partial charge in [0.05, 0.1) is 5.56 Å². The Morgan fingerprint density at radius 2 is 1.38 bits per heavy atom. The Morgan fingerprint density at radius 1 is 0.862 bits per heavy atom. The van der Waals surface area contributed by atoms with Crippen molar-refractivity contribution in [2.24, 2.45) is 5.73 Å². The minimum absolute atomic E-state index is 0.0138. The fourth-order valence-corrected chi connectivity index (χ4v) is 3.39. The van der Waals surface area contributed by atoms with Crippen molar-refractivity contribution in [3.8, 4) is 5.75 Å². The van der Waals surface area contributed by atoms with Crippen molar-refractivity contribution in [2.75, 3.05) is 6.61 Å². The van der Waals surface area contributed by atoms with E-state index < -0.39 is 5.91 Å². The number of carbonyl (C=O) groups excluding carboxylic acids is 2. The Hall–Kier alpha value is -3.60. The van der Waals surface area contributed by atoms with Crippen molar-refractivity contribution in [1.82, 2.24) is 5.32 Å². The number of nitrogens with two attached hydrogens (primary N) is 1. The standard InChI is InChI=1S/C24H24N2O3/c1-17(23(18-10-4-2-5-11-18)19-12-6-3-7-13-19)26-24(28)20-14-8-9-15-21(20)29-16-22(25)27/h2-15,17,23H,16H2,1H3,(H2,25,27)(H,26,28). The fraction of sp³-hybridized carbons (Fsp3) is 0.167. The van der Waals surface area contributed by atoms with E-state index in [2.05, 4.69) is 29.6 Å². The summed E-state index contributed by atoms with van der Waals surface area (Å²) in [5.74, 6) is -0.553. The van der Waals surface area contributed by atoms with Crippen LogP contribution in [0.25, 0.3) is 0 Å². The lowest BCUT2D eigenvalue weighted by Crippen LogP contribution is -2.37. The van der Waals surface area contributed by atoms with Gasteiger partial charge in [0.15, 0.2) is 6.61 Å².